The number of nitrogens with one attached hydrogen (secondary N) is 1. The molecule has 2 fully saturated rings. The fourth-order valence-corrected chi connectivity index (χ4v) is 3.60. The second-order valence-electron chi connectivity index (χ2n) is 6.32. The lowest BCUT2D eigenvalue weighted by atomic mass is 10.2. The van der Waals surface area contributed by atoms with Crippen LogP contribution >= 0.6 is 11.8 Å². The number of morpholine rings is 1. The molecule has 8 nitrogen and oxygen atoms in total. The van der Waals surface area contributed by atoms with E-state index in [1.165, 1.54) is 0 Å². The van der Waals surface area contributed by atoms with Crippen LogP contribution in [0.15, 0.2) is 29.7 Å². The van der Waals surface area contributed by atoms with Crippen molar-refractivity contribution >= 4 is 29.3 Å². The van der Waals surface area contributed by atoms with Crippen molar-refractivity contribution in [2.75, 3.05) is 60.8 Å². The Morgan fingerprint density at radius 3 is 2.77 bits per heavy atom. The van der Waals surface area contributed by atoms with Gasteiger partial charge in [0.2, 0.25) is 5.95 Å². The van der Waals surface area contributed by atoms with E-state index in [2.05, 4.69) is 35.1 Å². The van der Waals surface area contributed by atoms with Crippen LogP contribution in [0.25, 0.3) is 0 Å². The van der Waals surface area contributed by atoms with Gasteiger partial charge in [-0.2, -0.15) is 4.98 Å². The maximum atomic E-state index is 5.40. The molecule has 1 unspecified atom stereocenters. The Morgan fingerprint density at radius 1 is 1.08 bits per heavy atom. The maximum Gasteiger partial charge on any atom is 0.227 e. The Hall–Kier alpha value is -2.13. The second kappa shape index (κ2) is 8.05. The van der Waals surface area contributed by atoms with Crippen molar-refractivity contribution in [1.29, 1.82) is 0 Å². The number of anilines is 3. The fraction of sp³-hybridized carbons (Fsp3) is 0.529. The second-order valence-corrected chi connectivity index (χ2v) is 7.09. The summed E-state index contributed by atoms with van der Waals surface area (Å²) in [7, 11) is 0. The Bertz CT molecular complexity index is 741. The van der Waals surface area contributed by atoms with Crippen LogP contribution in [0.1, 0.15) is 6.42 Å². The number of hydrogen-bond donors (Lipinski definition) is 1. The summed E-state index contributed by atoms with van der Waals surface area (Å²) in [4.78, 5) is 22.4. The molecule has 1 atom stereocenters. The van der Waals surface area contributed by atoms with Crippen molar-refractivity contribution in [3.63, 3.8) is 0 Å². The Labute approximate surface area is 157 Å². The highest BCUT2D eigenvalue weighted by molar-refractivity contribution is 7.98. The van der Waals surface area contributed by atoms with E-state index in [9.17, 15) is 0 Å². The molecule has 0 aliphatic carbocycles. The molecular formula is C17H23N7OS. The molecule has 0 amide bonds. The average Bonchev–Trinajstić information content (AvgIpc) is 3.17. The molecule has 2 aliphatic heterocycles. The quantitative estimate of drug-likeness (QED) is 0.620. The van der Waals surface area contributed by atoms with Gasteiger partial charge in [-0.3, -0.25) is 0 Å². The van der Waals surface area contributed by atoms with E-state index in [0.717, 1.165) is 68.6 Å². The van der Waals surface area contributed by atoms with E-state index in [0.29, 0.717) is 6.04 Å². The summed E-state index contributed by atoms with van der Waals surface area (Å²) >= 11 is 1.57. The van der Waals surface area contributed by atoms with Gasteiger partial charge in [-0.25, -0.2) is 15.0 Å². The number of thioether (sulfide) groups is 1. The highest BCUT2D eigenvalue weighted by atomic mass is 32.2. The minimum Gasteiger partial charge on any atom is -0.378 e. The molecule has 26 heavy (non-hydrogen) atoms. The molecule has 2 aromatic heterocycles. The number of rotatable bonds is 5. The molecule has 4 heterocycles. The molecule has 0 radical (unpaired) electrons. The number of nitrogens with zero attached hydrogens (tertiary/aromatic N) is 6. The Morgan fingerprint density at radius 2 is 1.92 bits per heavy atom. The van der Waals surface area contributed by atoms with Gasteiger partial charge < -0.3 is 19.9 Å². The predicted octanol–water partition coefficient (Wildman–Crippen LogP) is 1.52. The molecule has 0 saturated carbocycles. The van der Waals surface area contributed by atoms with Crippen LogP contribution in [0.4, 0.5) is 17.6 Å². The summed E-state index contributed by atoms with van der Waals surface area (Å²) < 4.78 is 5.40. The average molecular weight is 373 g/mol. The smallest absolute Gasteiger partial charge is 0.227 e. The van der Waals surface area contributed by atoms with Crippen molar-refractivity contribution in [3.05, 3.63) is 24.5 Å². The van der Waals surface area contributed by atoms with Crippen LogP contribution in [-0.2, 0) is 4.74 Å². The largest absolute Gasteiger partial charge is 0.378 e. The minimum absolute atomic E-state index is 0.343. The van der Waals surface area contributed by atoms with E-state index < -0.39 is 0 Å². The first kappa shape index (κ1) is 17.3. The molecule has 0 bridgehead atoms. The molecule has 2 saturated heterocycles. The summed E-state index contributed by atoms with van der Waals surface area (Å²) in [5, 5.41) is 4.36. The molecule has 9 heteroatoms. The lowest BCUT2D eigenvalue weighted by Gasteiger charge is -2.27. The van der Waals surface area contributed by atoms with Gasteiger partial charge in [-0.1, -0.05) is 11.8 Å². The molecule has 4 rings (SSSR count). The number of aromatic nitrogens is 4. The first-order valence-electron chi connectivity index (χ1n) is 8.86. The zero-order valence-corrected chi connectivity index (χ0v) is 15.7. The molecule has 2 aromatic rings. The normalized spacial score (nSPS) is 20.4. The van der Waals surface area contributed by atoms with Crippen molar-refractivity contribution in [1.82, 2.24) is 19.9 Å². The molecule has 0 aromatic carbocycles. The Kier molecular flexibility index (Phi) is 5.35. The summed E-state index contributed by atoms with van der Waals surface area (Å²) in [5.41, 5.74) is 0. The SMILES string of the molecule is CSc1nccc(N2CCC(Nc3ccnc(N4CCOCC4)n3)C2)n1. The monoisotopic (exact) mass is 373 g/mol. The highest BCUT2D eigenvalue weighted by Gasteiger charge is 2.24. The van der Waals surface area contributed by atoms with Gasteiger partial charge in [0.05, 0.1) is 13.2 Å². The predicted molar refractivity (Wildman–Crippen MR) is 103 cm³/mol. The first-order chi connectivity index (χ1) is 12.8. The fourth-order valence-electron chi connectivity index (χ4n) is 3.25. The summed E-state index contributed by atoms with van der Waals surface area (Å²) in [6.07, 6.45) is 6.69. The van der Waals surface area contributed by atoms with Crippen LogP contribution < -0.4 is 15.1 Å². The zero-order valence-electron chi connectivity index (χ0n) is 14.8. The van der Waals surface area contributed by atoms with Crippen LogP contribution in [0.2, 0.25) is 0 Å². The topological polar surface area (TPSA) is 79.3 Å². The van der Waals surface area contributed by atoms with Gasteiger partial charge in [-0.05, 0) is 24.8 Å². The molecule has 2 aliphatic rings. The van der Waals surface area contributed by atoms with E-state index in [4.69, 9.17) is 4.74 Å². The summed E-state index contributed by atoms with van der Waals surface area (Å²) in [6.45, 7) is 5.02. The molecule has 0 spiro atoms. The Balaban J connectivity index is 1.39. The molecule has 1 N–H and O–H groups in total. The van der Waals surface area contributed by atoms with Gasteiger partial charge >= 0.3 is 0 Å². The van der Waals surface area contributed by atoms with Gasteiger partial charge in [-0.15, -0.1) is 0 Å². The summed E-state index contributed by atoms with van der Waals surface area (Å²) in [6, 6.07) is 4.25. The maximum absolute atomic E-state index is 5.40. The third kappa shape index (κ3) is 3.99. The highest BCUT2D eigenvalue weighted by Crippen LogP contribution is 2.22. The van der Waals surface area contributed by atoms with Gasteiger partial charge in [0, 0.05) is 44.6 Å². The van der Waals surface area contributed by atoms with Crippen LogP contribution in [0.3, 0.4) is 0 Å². The van der Waals surface area contributed by atoms with Gasteiger partial charge in [0.25, 0.3) is 0 Å². The number of ether oxygens (including phenoxy) is 1. The van der Waals surface area contributed by atoms with E-state index in [1.54, 1.807) is 11.8 Å². The van der Waals surface area contributed by atoms with Crippen LogP contribution in [0.5, 0.6) is 0 Å². The number of hydrogen-bond acceptors (Lipinski definition) is 9. The third-order valence-electron chi connectivity index (χ3n) is 4.60. The van der Waals surface area contributed by atoms with Crippen molar-refractivity contribution in [2.24, 2.45) is 0 Å². The molecule has 138 valence electrons. The summed E-state index contributed by atoms with van der Waals surface area (Å²) in [5.74, 6) is 2.64. The van der Waals surface area contributed by atoms with Crippen molar-refractivity contribution in [2.45, 2.75) is 17.6 Å². The van der Waals surface area contributed by atoms with E-state index in [1.807, 2.05) is 30.8 Å². The lowest BCUT2D eigenvalue weighted by molar-refractivity contribution is 0.122. The molecular weight excluding hydrogens is 350 g/mol. The van der Waals surface area contributed by atoms with Crippen molar-refractivity contribution in [3.8, 4) is 0 Å². The zero-order chi connectivity index (χ0) is 17.8. The standard InChI is InChI=1S/C17H23N7OS/c1-26-17-19-6-3-15(22-17)24-7-4-13(12-24)20-14-2-5-18-16(21-14)23-8-10-25-11-9-23/h2-3,5-6,13H,4,7-12H2,1H3,(H,18,20,21). The van der Waals surface area contributed by atoms with Gasteiger partial charge in [0.15, 0.2) is 5.16 Å². The van der Waals surface area contributed by atoms with E-state index >= 15 is 0 Å². The van der Waals surface area contributed by atoms with Crippen molar-refractivity contribution < 1.29 is 4.74 Å². The van der Waals surface area contributed by atoms with Gasteiger partial charge in [0.1, 0.15) is 11.6 Å². The lowest BCUT2D eigenvalue weighted by Crippen LogP contribution is -2.37. The van der Waals surface area contributed by atoms with E-state index in [-0.39, 0.29) is 0 Å². The first-order valence-corrected chi connectivity index (χ1v) is 10.1. The van der Waals surface area contributed by atoms with Crippen LogP contribution in [-0.4, -0.2) is 71.6 Å². The minimum atomic E-state index is 0.343. The van der Waals surface area contributed by atoms with Crippen LogP contribution in [0, 0.1) is 0 Å². The third-order valence-corrected chi connectivity index (χ3v) is 5.16.